The molecule has 6 nitrogen and oxygen atoms in total. The third-order valence-electron chi connectivity index (χ3n) is 11.8. The van der Waals surface area contributed by atoms with Crippen LogP contribution in [-0.4, -0.2) is 37.2 Å². The van der Waals surface area contributed by atoms with Gasteiger partial charge in [-0.15, -0.1) is 0 Å². The van der Waals surface area contributed by atoms with Crippen molar-refractivity contribution in [2.24, 2.45) is 5.92 Å². The summed E-state index contributed by atoms with van der Waals surface area (Å²) in [5, 5.41) is 0. The minimum absolute atomic E-state index is 0.0630. The summed E-state index contributed by atoms with van der Waals surface area (Å²) in [6.07, 6.45) is 48.0. The molecule has 0 amide bonds. The zero-order valence-electron chi connectivity index (χ0n) is 39.5. The van der Waals surface area contributed by atoms with E-state index in [1.165, 1.54) is 186 Å². The zero-order chi connectivity index (χ0) is 42.4. The van der Waals surface area contributed by atoms with Crippen molar-refractivity contribution in [3.05, 3.63) is 0 Å². The summed E-state index contributed by atoms with van der Waals surface area (Å²) in [6, 6.07) is 0. The first kappa shape index (κ1) is 56.4. The van der Waals surface area contributed by atoms with Crippen molar-refractivity contribution in [1.82, 2.24) is 0 Å². The quantitative estimate of drug-likeness (QED) is 0.0346. The first-order valence-electron chi connectivity index (χ1n) is 25.9. The van der Waals surface area contributed by atoms with Crippen LogP contribution in [0.5, 0.6) is 0 Å². The van der Waals surface area contributed by atoms with E-state index in [-0.39, 0.29) is 31.1 Å². The van der Waals surface area contributed by atoms with Gasteiger partial charge in [0.15, 0.2) is 6.10 Å². The molecule has 0 fully saturated rings. The molecule has 0 aliphatic carbocycles. The minimum Gasteiger partial charge on any atom is -0.462 e. The van der Waals surface area contributed by atoms with E-state index in [1.807, 2.05) is 0 Å². The maximum Gasteiger partial charge on any atom is 0.306 e. The number of carbonyl (C=O) groups excluding carboxylic acids is 3. The predicted octanol–water partition coefficient (Wildman–Crippen LogP) is 16.7. The highest BCUT2D eigenvalue weighted by molar-refractivity contribution is 5.71. The standard InChI is InChI=1S/C52H100O6/c1-5-7-9-11-13-15-17-18-19-20-21-22-23-28-32-36-40-44-51(54)57-47-49(46-56-50(53)43-39-35-31-27-16-14-12-10-8-6-2)58-52(55)45-41-37-33-29-25-24-26-30-34-38-42-48(3)4/h48-49H,5-47H2,1-4H3/t49-/m0/s1. The van der Waals surface area contributed by atoms with Gasteiger partial charge in [0.25, 0.3) is 0 Å². The molecular formula is C52H100O6. The van der Waals surface area contributed by atoms with E-state index in [0.29, 0.717) is 19.3 Å². The van der Waals surface area contributed by atoms with E-state index >= 15 is 0 Å². The second kappa shape index (κ2) is 46.5. The average molecular weight is 821 g/mol. The zero-order valence-corrected chi connectivity index (χ0v) is 39.5. The Morgan fingerprint density at radius 1 is 0.328 bits per heavy atom. The van der Waals surface area contributed by atoms with Gasteiger partial charge in [0.05, 0.1) is 0 Å². The summed E-state index contributed by atoms with van der Waals surface area (Å²) in [4.78, 5) is 37.9. The van der Waals surface area contributed by atoms with Crippen LogP contribution in [0, 0.1) is 5.92 Å². The number of unbranched alkanes of at least 4 members (excludes halogenated alkanes) is 34. The molecule has 0 heterocycles. The Morgan fingerprint density at radius 2 is 0.569 bits per heavy atom. The van der Waals surface area contributed by atoms with Crippen molar-refractivity contribution in [2.75, 3.05) is 13.2 Å². The Kier molecular flexibility index (Phi) is 45.2. The molecule has 0 saturated carbocycles. The van der Waals surface area contributed by atoms with Crippen LogP contribution in [0.4, 0.5) is 0 Å². The van der Waals surface area contributed by atoms with E-state index in [2.05, 4.69) is 27.7 Å². The van der Waals surface area contributed by atoms with Crippen LogP contribution in [0.25, 0.3) is 0 Å². The lowest BCUT2D eigenvalue weighted by Crippen LogP contribution is -2.30. The molecule has 0 aromatic rings. The van der Waals surface area contributed by atoms with Gasteiger partial charge < -0.3 is 14.2 Å². The number of hydrogen-bond acceptors (Lipinski definition) is 6. The Balaban J connectivity index is 4.26. The van der Waals surface area contributed by atoms with Gasteiger partial charge in [-0.05, 0) is 25.2 Å². The lowest BCUT2D eigenvalue weighted by molar-refractivity contribution is -0.167. The number of rotatable bonds is 47. The van der Waals surface area contributed by atoms with Gasteiger partial charge in [0, 0.05) is 19.3 Å². The fourth-order valence-electron chi connectivity index (χ4n) is 7.86. The first-order chi connectivity index (χ1) is 28.4. The molecule has 0 unspecified atom stereocenters. The molecule has 1 atom stereocenters. The predicted molar refractivity (Wildman–Crippen MR) is 247 cm³/mol. The van der Waals surface area contributed by atoms with Crippen LogP contribution in [0.2, 0.25) is 0 Å². The molecule has 0 aromatic heterocycles. The molecule has 0 rings (SSSR count). The summed E-state index contributed by atoms with van der Waals surface area (Å²) in [5.41, 5.74) is 0. The lowest BCUT2D eigenvalue weighted by Gasteiger charge is -2.18. The van der Waals surface area contributed by atoms with Crippen molar-refractivity contribution < 1.29 is 28.6 Å². The van der Waals surface area contributed by atoms with Crippen LogP contribution in [0.3, 0.4) is 0 Å². The minimum atomic E-state index is -0.760. The van der Waals surface area contributed by atoms with Crippen LogP contribution in [0.15, 0.2) is 0 Å². The van der Waals surface area contributed by atoms with E-state index in [1.54, 1.807) is 0 Å². The van der Waals surface area contributed by atoms with Crippen LogP contribution in [0.1, 0.15) is 291 Å². The summed E-state index contributed by atoms with van der Waals surface area (Å²) in [6.45, 7) is 9.00. The molecule has 0 saturated heterocycles. The normalized spacial score (nSPS) is 11.9. The fraction of sp³-hybridized carbons (Fsp3) is 0.942. The third kappa shape index (κ3) is 45.5. The summed E-state index contributed by atoms with van der Waals surface area (Å²) in [7, 11) is 0. The topological polar surface area (TPSA) is 78.9 Å². The van der Waals surface area contributed by atoms with Crippen LogP contribution >= 0.6 is 0 Å². The second-order valence-corrected chi connectivity index (χ2v) is 18.3. The van der Waals surface area contributed by atoms with Gasteiger partial charge in [-0.3, -0.25) is 14.4 Å². The van der Waals surface area contributed by atoms with Crippen molar-refractivity contribution in [3.63, 3.8) is 0 Å². The summed E-state index contributed by atoms with van der Waals surface area (Å²) >= 11 is 0. The highest BCUT2D eigenvalue weighted by Crippen LogP contribution is 2.17. The highest BCUT2D eigenvalue weighted by Gasteiger charge is 2.19. The van der Waals surface area contributed by atoms with Gasteiger partial charge in [-0.25, -0.2) is 0 Å². The van der Waals surface area contributed by atoms with Gasteiger partial charge in [-0.1, -0.05) is 252 Å². The van der Waals surface area contributed by atoms with Gasteiger partial charge in [0.1, 0.15) is 13.2 Å². The maximum atomic E-state index is 12.8. The smallest absolute Gasteiger partial charge is 0.306 e. The number of carbonyl (C=O) groups is 3. The Morgan fingerprint density at radius 3 is 0.845 bits per heavy atom. The SMILES string of the molecule is CCCCCCCCCCCCCCCCCCCC(=O)OC[C@H](COC(=O)CCCCCCCCCCCC)OC(=O)CCCCCCCCCCCCC(C)C. The Bertz CT molecular complexity index is 872. The van der Waals surface area contributed by atoms with Crippen molar-refractivity contribution in [1.29, 1.82) is 0 Å². The summed E-state index contributed by atoms with van der Waals surface area (Å²) in [5.74, 6) is -0.0304. The Labute approximate surface area is 361 Å². The number of ether oxygens (including phenoxy) is 3. The molecule has 0 aromatic carbocycles. The number of esters is 3. The van der Waals surface area contributed by atoms with Gasteiger partial charge >= 0.3 is 17.9 Å². The number of hydrogen-bond donors (Lipinski definition) is 0. The third-order valence-corrected chi connectivity index (χ3v) is 11.8. The van der Waals surface area contributed by atoms with Crippen LogP contribution in [-0.2, 0) is 28.6 Å². The molecule has 0 aliphatic rings. The molecule has 6 heteroatoms. The summed E-state index contributed by atoms with van der Waals surface area (Å²) < 4.78 is 16.8. The van der Waals surface area contributed by atoms with Crippen molar-refractivity contribution in [3.8, 4) is 0 Å². The largest absolute Gasteiger partial charge is 0.462 e. The molecule has 344 valence electrons. The van der Waals surface area contributed by atoms with Crippen molar-refractivity contribution >= 4 is 17.9 Å². The lowest BCUT2D eigenvalue weighted by atomic mass is 10.0. The molecular weight excluding hydrogens is 721 g/mol. The van der Waals surface area contributed by atoms with E-state index < -0.39 is 6.10 Å². The van der Waals surface area contributed by atoms with Gasteiger partial charge in [-0.2, -0.15) is 0 Å². The van der Waals surface area contributed by atoms with E-state index in [4.69, 9.17) is 14.2 Å². The molecule has 58 heavy (non-hydrogen) atoms. The molecule has 0 bridgehead atoms. The molecule has 0 aliphatic heterocycles. The average Bonchev–Trinajstić information content (AvgIpc) is 3.21. The Hall–Kier alpha value is -1.59. The second-order valence-electron chi connectivity index (χ2n) is 18.3. The molecule has 0 radical (unpaired) electrons. The monoisotopic (exact) mass is 821 g/mol. The van der Waals surface area contributed by atoms with Crippen molar-refractivity contribution in [2.45, 2.75) is 297 Å². The van der Waals surface area contributed by atoms with E-state index in [9.17, 15) is 14.4 Å². The molecule has 0 N–H and O–H groups in total. The van der Waals surface area contributed by atoms with E-state index in [0.717, 1.165) is 63.7 Å². The maximum absolute atomic E-state index is 12.8. The van der Waals surface area contributed by atoms with Gasteiger partial charge in [0.2, 0.25) is 0 Å². The first-order valence-corrected chi connectivity index (χ1v) is 25.9. The highest BCUT2D eigenvalue weighted by atomic mass is 16.6. The molecule has 0 spiro atoms. The fourth-order valence-corrected chi connectivity index (χ4v) is 7.86. The van der Waals surface area contributed by atoms with Crippen LogP contribution < -0.4 is 0 Å².